The summed E-state index contributed by atoms with van der Waals surface area (Å²) in [4.78, 5) is 14.2. The SMILES string of the molecule is C=CCNc1nnc(SCC(=O)N(CC=C)c2ccccc2)s1. The minimum absolute atomic E-state index is 0.0110. The normalized spacial score (nSPS) is 10.1. The number of thioether (sulfide) groups is 1. The van der Waals surface area contributed by atoms with Gasteiger partial charge in [0.15, 0.2) is 4.34 Å². The van der Waals surface area contributed by atoms with Gasteiger partial charge in [-0.2, -0.15) is 0 Å². The average Bonchev–Trinajstić information content (AvgIpc) is 3.04. The van der Waals surface area contributed by atoms with Gasteiger partial charge in [0.05, 0.1) is 5.75 Å². The van der Waals surface area contributed by atoms with Crippen molar-refractivity contribution >= 4 is 39.8 Å². The van der Waals surface area contributed by atoms with Gasteiger partial charge in [-0.3, -0.25) is 4.79 Å². The highest BCUT2D eigenvalue weighted by atomic mass is 32.2. The molecule has 0 radical (unpaired) electrons. The first-order valence-corrected chi connectivity index (χ1v) is 8.82. The van der Waals surface area contributed by atoms with Crippen molar-refractivity contribution in [2.45, 2.75) is 4.34 Å². The fraction of sp³-hybridized carbons (Fsp3) is 0.188. The van der Waals surface area contributed by atoms with Gasteiger partial charge < -0.3 is 10.2 Å². The van der Waals surface area contributed by atoms with Crippen LogP contribution >= 0.6 is 23.1 Å². The Morgan fingerprint density at radius 3 is 2.74 bits per heavy atom. The number of hydrogen-bond acceptors (Lipinski definition) is 6. The molecule has 0 fully saturated rings. The van der Waals surface area contributed by atoms with E-state index in [0.717, 1.165) is 15.2 Å². The summed E-state index contributed by atoms with van der Waals surface area (Å²) < 4.78 is 0.761. The van der Waals surface area contributed by atoms with Gasteiger partial charge in [-0.1, -0.05) is 53.4 Å². The molecular weight excluding hydrogens is 328 g/mol. The maximum Gasteiger partial charge on any atom is 0.237 e. The first-order chi connectivity index (χ1) is 11.2. The molecule has 23 heavy (non-hydrogen) atoms. The number of aromatic nitrogens is 2. The summed E-state index contributed by atoms with van der Waals surface area (Å²) >= 11 is 2.81. The quantitative estimate of drug-likeness (QED) is 0.557. The topological polar surface area (TPSA) is 58.1 Å². The number of para-hydroxylation sites is 1. The third kappa shape index (κ3) is 5.22. The van der Waals surface area contributed by atoms with Gasteiger partial charge in [0, 0.05) is 18.8 Å². The molecule has 2 rings (SSSR count). The van der Waals surface area contributed by atoms with Crippen molar-refractivity contribution < 1.29 is 4.79 Å². The fourth-order valence-corrected chi connectivity index (χ4v) is 3.42. The van der Waals surface area contributed by atoms with Crippen LogP contribution < -0.4 is 10.2 Å². The Labute approximate surface area is 144 Å². The third-order valence-corrected chi connectivity index (χ3v) is 4.80. The van der Waals surface area contributed by atoms with E-state index in [4.69, 9.17) is 0 Å². The lowest BCUT2D eigenvalue weighted by Crippen LogP contribution is -2.32. The highest BCUT2D eigenvalue weighted by Gasteiger charge is 2.15. The molecule has 1 aromatic heterocycles. The van der Waals surface area contributed by atoms with Crippen LogP contribution in [0.25, 0.3) is 0 Å². The van der Waals surface area contributed by atoms with Crippen LogP contribution in [0.5, 0.6) is 0 Å². The minimum Gasteiger partial charge on any atom is -0.357 e. The maximum absolute atomic E-state index is 12.5. The van der Waals surface area contributed by atoms with Crippen LogP contribution in [-0.4, -0.2) is 34.9 Å². The number of carbonyl (C=O) groups is 1. The van der Waals surface area contributed by atoms with Crippen molar-refractivity contribution in [3.05, 3.63) is 55.6 Å². The first kappa shape index (κ1) is 17.2. The largest absolute Gasteiger partial charge is 0.357 e. The van der Waals surface area contributed by atoms with Crippen LogP contribution in [0.2, 0.25) is 0 Å². The number of hydrogen-bond donors (Lipinski definition) is 1. The van der Waals surface area contributed by atoms with Crippen LogP contribution in [0.4, 0.5) is 10.8 Å². The minimum atomic E-state index is 0.0110. The Morgan fingerprint density at radius 1 is 1.26 bits per heavy atom. The monoisotopic (exact) mass is 346 g/mol. The lowest BCUT2D eigenvalue weighted by molar-refractivity contribution is -0.116. The molecule has 0 bridgehead atoms. The van der Waals surface area contributed by atoms with Crippen molar-refractivity contribution in [3.8, 4) is 0 Å². The van der Waals surface area contributed by atoms with Crippen LogP contribution in [0.1, 0.15) is 0 Å². The summed E-state index contributed by atoms with van der Waals surface area (Å²) in [5.74, 6) is 0.315. The van der Waals surface area contributed by atoms with E-state index in [0.29, 0.717) is 18.8 Å². The number of nitrogens with one attached hydrogen (secondary N) is 1. The van der Waals surface area contributed by atoms with E-state index in [1.165, 1.54) is 23.1 Å². The molecule has 1 amide bonds. The fourth-order valence-electron chi connectivity index (χ4n) is 1.79. The number of benzene rings is 1. The highest BCUT2D eigenvalue weighted by molar-refractivity contribution is 8.01. The van der Waals surface area contributed by atoms with Crippen molar-refractivity contribution in [3.63, 3.8) is 0 Å². The summed E-state index contributed by atoms with van der Waals surface area (Å²) in [5, 5.41) is 11.9. The molecule has 0 aliphatic carbocycles. The zero-order chi connectivity index (χ0) is 16.5. The smallest absolute Gasteiger partial charge is 0.237 e. The zero-order valence-corrected chi connectivity index (χ0v) is 14.3. The van der Waals surface area contributed by atoms with Gasteiger partial charge in [-0.25, -0.2) is 0 Å². The molecule has 0 aliphatic rings. The van der Waals surface area contributed by atoms with E-state index < -0.39 is 0 Å². The van der Waals surface area contributed by atoms with Crippen LogP contribution in [0, 0.1) is 0 Å². The number of anilines is 2. The second kappa shape index (κ2) is 9.12. The van der Waals surface area contributed by atoms with Gasteiger partial charge in [-0.05, 0) is 12.1 Å². The second-order valence-corrected chi connectivity index (χ2v) is 6.66. The summed E-state index contributed by atoms with van der Waals surface area (Å²) in [6, 6.07) is 9.57. The lowest BCUT2D eigenvalue weighted by atomic mass is 10.3. The molecular formula is C16H18N4OS2. The number of rotatable bonds is 9. The van der Waals surface area contributed by atoms with Crippen LogP contribution in [0.15, 0.2) is 60.0 Å². The molecule has 0 atom stereocenters. The molecule has 0 spiro atoms. The molecule has 7 heteroatoms. The van der Waals surface area contributed by atoms with E-state index in [9.17, 15) is 4.79 Å². The zero-order valence-electron chi connectivity index (χ0n) is 12.6. The molecule has 5 nitrogen and oxygen atoms in total. The molecule has 2 aromatic rings. The Morgan fingerprint density at radius 2 is 2.04 bits per heavy atom. The maximum atomic E-state index is 12.5. The second-order valence-electron chi connectivity index (χ2n) is 4.46. The molecule has 0 saturated carbocycles. The molecule has 120 valence electrons. The number of amides is 1. The predicted octanol–water partition coefficient (Wildman–Crippen LogP) is 3.45. The van der Waals surface area contributed by atoms with Crippen molar-refractivity contribution in [1.82, 2.24) is 10.2 Å². The van der Waals surface area contributed by atoms with E-state index >= 15 is 0 Å². The van der Waals surface area contributed by atoms with E-state index in [2.05, 4.69) is 28.7 Å². The summed E-state index contributed by atoms with van der Waals surface area (Å²) in [7, 11) is 0. The lowest BCUT2D eigenvalue weighted by Gasteiger charge is -2.20. The van der Waals surface area contributed by atoms with Gasteiger partial charge in [0.1, 0.15) is 0 Å². The van der Waals surface area contributed by atoms with Crippen molar-refractivity contribution in [1.29, 1.82) is 0 Å². The summed E-state index contributed by atoms with van der Waals surface area (Å²) in [5.41, 5.74) is 0.864. The van der Waals surface area contributed by atoms with Gasteiger partial charge in [0.25, 0.3) is 0 Å². The molecule has 0 unspecified atom stereocenters. The van der Waals surface area contributed by atoms with Crippen LogP contribution in [-0.2, 0) is 4.79 Å². The predicted molar refractivity (Wildman–Crippen MR) is 98.3 cm³/mol. The van der Waals surface area contributed by atoms with Gasteiger partial charge in [-0.15, -0.1) is 23.4 Å². The van der Waals surface area contributed by atoms with Gasteiger partial charge in [0.2, 0.25) is 11.0 Å². The van der Waals surface area contributed by atoms with Crippen molar-refractivity contribution in [2.24, 2.45) is 0 Å². The van der Waals surface area contributed by atoms with Gasteiger partial charge >= 0.3 is 0 Å². The number of carbonyl (C=O) groups excluding carboxylic acids is 1. The molecule has 1 N–H and O–H groups in total. The van der Waals surface area contributed by atoms with Crippen LogP contribution in [0.3, 0.4) is 0 Å². The Kier molecular flexibility index (Phi) is 6.83. The van der Waals surface area contributed by atoms with E-state index in [-0.39, 0.29) is 5.91 Å². The van der Waals surface area contributed by atoms with E-state index in [1.807, 2.05) is 30.3 Å². The standard InChI is InChI=1S/C16H18N4OS2/c1-3-10-17-15-18-19-16(23-15)22-12-14(21)20(11-4-2)13-8-6-5-7-9-13/h3-9H,1-2,10-12H2,(H,17,18). The average molecular weight is 346 g/mol. The van der Waals surface area contributed by atoms with Crippen molar-refractivity contribution in [2.75, 3.05) is 29.1 Å². The Balaban J connectivity index is 1.95. The highest BCUT2D eigenvalue weighted by Crippen LogP contribution is 2.26. The Hall–Kier alpha value is -2.12. The molecule has 1 aromatic carbocycles. The molecule has 0 aliphatic heterocycles. The van der Waals surface area contributed by atoms with E-state index in [1.54, 1.807) is 17.1 Å². The molecule has 0 saturated heterocycles. The number of nitrogens with zero attached hydrogens (tertiary/aromatic N) is 3. The summed E-state index contributed by atoms with van der Waals surface area (Å²) in [6.45, 7) is 8.48. The first-order valence-electron chi connectivity index (χ1n) is 7.02. The Bertz CT molecular complexity index is 657. The molecule has 1 heterocycles. The third-order valence-electron chi connectivity index (χ3n) is 2.80. The summed E-state index contributed by atoms with van der Waals surface area (Å²) in [6.07, 6.45) is 3.47.